The summed E-state index contributed by atoms with van der Waals surface area (Å²) in [5.41, 5.74) is 0.474. The number of hydrogen-bond acceptors (Lipinski definition) is 2. The number of fused-ring (bicyclic) bond motifs is 3. The normalized spacial score (nSPS) is 16.2. The number of alkyl halides is 1. The van der Waals surface area contributed by atoms with E-state index in [0.29, 0.717) is 11.1 Å². The fourth-order valence-electron chi connectivity index (χ4n) is 2.91. The van der Waals surface area contributed by atoms with E-state index in [1.165, 1.54) is 0 Å². The molecular weight excluding hydrogens is 299 g/mol. The van der Waals surface area contributed by atoms with E-state index in [9.17, 15) is 8.42 Å². The van der Waals surface area contributed by atoms with Crippen LogP contribution < -0.4 is 0 Å². The summed E-state index contributed by atoms with van der Waals surface area (Å²) in [6, 6.07) is 14.3. The maximum atomic E-state index is 15.9. The Morgan fingerprint density at radius 1 is 0.909 bits per heavy atom. The lowest BCUT2D eigenvalue weighted by atomic mass is 9.96. The summed E-state index contributed by atoms with van der Waals surface area (Å²) >= 11 is 0. The van der Waals surface area contributed by atoms with E-state index in [1.54, 1.807) is 45.0 Å². The monoisotopic (exact) mass is 318 g/mol. The molecule has 0 saturated carbocycles. The number of benzene rings is 2. The van der Waals surface area contributed by atoms with Crippen LogP contribution >= 0.6 is 0 Å². The molecule has 0 N–H and O–H groups in total. The van der Waals surface area contributed by atoms with E-state index in [0.717, 1.165) is 11.1 Å². The number of hydrogen-bond donors (Lipinski definition) is 0. The molecule has 0 atom stereocenters. The minimum atomic E-state index is -3.60. The number of halogens is 1. The molecule has 3 rings (SSSR count). The Balaban J connectivity index is 2.22. The molecule has 0 unspecified atom stereocenters. The predicted molar refractivity (Wildman–Crippen MR) is 87.3 cm³/mol. The van der Waals surface area contributed by atoms with Gasteiger partial charge in [0.15, 0.2) is 15.5 Å². The van der Waals surface area contributed by atoms with Crippen LogP contribution in [-0.4, -0.2) is 18.9 Å². The lowest BCUT2D eigenvalue weighted by Crippen LogP contribution is -2.38. The van der Waals surface area contributed by atoms with Crippen molar-refractivity contribution in [3.8, 4) is 11.1 Å². The smallest absolute Gasteiger partial charge is 0.176 e. The quantitative estimate of drug-likeness (QED) is 0.835. The summed E-state index contributed by atoms with van der Waals surface area (Å²) in [5, 5.41) is 0. The van der Waals surface area contributed by atoms with Gasteiger partial charge in [-0.15, -0.1) is 0 Å². The fraction of sp³-hybridized carbons (Fsp3) is 0.333. The van der Waals surface area contributed by atoms with Crippen LogP contribution in [0.5, 0.6) is 0 Å². The molecule has 116 valence electrons. The van der Waals surface area contributed by atoms with Gasteiger partial charge in [-0.2, -0.15) is 0 Å². The number of sulfone groups is 1. The molecule has 0 saturated heterocycles. The van der Waals surface area contributed by atoms with Gasteiger partial charge >= 0.3 is 0 Å². The molecule has 0 fully saturated rings. The molecule has 1 aliphatic rings. The Morgan fingerprint density at radius 2 is 1.32 bits per heavy atom. The minimum absolute atomic E-state index is 0.448. The second kappa shape index (κ2) is 4.66. The van der Waals surface area contributed by atoms with Gasteiger partial charge in [0.05, 0.1) is 10.5 Å². The van der Waals surface area contributed by atoms with Crippen molar-refractivity contribution in [2.24, 2.45) is 0 Å². The van der Waals surface area contributed by atoms with Gasteiger partial charge in [0, 0.05) is 11.1 Å². The van der Waals surface area contributed by atoms with Crippen molar-refractivity contribution in [3.63, 3.8) is 0 Å². The Hall–Kier alpha value is -1.68. The van der Waals surface area contributed by atoms with E-state index in [1.807, 2.05) is 24.3 Å². The molecular formula is C18H19FO2S. The molecule has 2 aromatic rings. The first-order valence-electron chi connectivity index (χ1n) is 7.27. The summed E-state index contributed by atoms with van der Waals surface area (Å²) in [6.45, 7) is 4.83. The van der Waals surface area contributed by atoms with Crippen LogP contribution in [-0.2, 0) is 15.5 Å². The molecule has 0 bridgehead atoms. The van der Waals surface area contributed by atoms with Gasteiger partial charge in [0.25, 0.3) is 0 Å². The summed E-state index contributed by atoms with van der Waals surface area (Å²) < 4.78 is 40.1. The summed E-state index contributed by atoms with van der Waals surface area (Å²) in [7, 11) is -3.60. The third-order valence-corrected chi connectivity index (χ3v) is 6.96. The van der Waals surface area contributed by atoms with Crippen molar-refractivity contribution < 1.29 is 12.8 Å². The Kier molecular flexibility index (Phi) is 3.22. The van der Waals surface area contributed by atoms with Gasteiger partial charge in [-0.3, -0.25) is 0 Å². The third kappa shape index (κ3) is 2.09. The topological polar surface area (TPSA) is 34.1 Å². The zero-order chi connectivity index (χ0) is 16.2. The summed E-state index contributed by atoms with van der Waals surface area (Å²) in [5.74, 6) is -0.530. The highest BCUT2D eigenvalue weighted by Gasteiger charge is 2.48. The molecule has 4 heteroatoms. The second-order valence-corrected chi connectivity index (χ2v) is 9.51. The first-order chi connectivity index (χ1) is 10.2. The standard InChI is InChI=1S/C18H19FO2S/c1-17(2,3)22(20,21)12-18(19)15-10-6-4-8-13(15)14-9-5-7-11-16(14)18/h4-11H,12H2,1-3H3. The van der Waals surface area contributed by atoms with Gasteiger partial charge in [-0.05, 0) is 31.9 Å². The fourth-order valence-corrected chi connectivity index (χ4v) is 4.17. The molecule has 22 heavy (non-hydrogen) atoms. The molecule has 0 spiro atoms. The second-order valence-electron chi connectivity index (χ2n) is 6.76. The van der Waals surface area contributed by atoms with Crippen molar-refractivity contribution in [1.29, 1.82) is 0 Å². The van der Waals surface area contributed by atoms with Crippen molar-refractivity contribution in [1.82, 2.24) is 0 Å². The van der Waals surface area contributed by atoms with E-state index in [2.05, 4.69) is 0 Å². The first-order valence-corrected chi connectivity index (χ1v) is 8.93. The van der Waals surface area contributed by atoms with Gasteiger partial charge < -0.3 is 0 Å². The summed E-state index contributed by atoms with van der Waals surface area (Å²) in [4.78, 5) is 0. The van der Waals surface area contributed by atoms with Crippen molar-refractivity contribution in [2.75, 3.05) is 5.75 Å². The average Bonchev–Trinajstić information content (AvgIpc) is 2.68. The SMILES string of the molecule is CC(C)(C)S(=O)(=O)CC1(F)c2ccccc2-c2ccccc21. The average molecular weight is 318 g/mol. The van der Waals surface area contributed by atoms with E-state index >= 15 is 4.39 Å². The van der Waals surface area contributed by atoms with Gasteiger partial charge in [-0.1, -0.05) is 48.5 Å². The third-order valence-electron chi connectivity index (χ3n) is 4.32. The van der Waals surface area contributed by atoms with Crippen LogP contribution in [0.4, 0.5) is 4.39 Å². The van der Waals surface area contributed by atoms with Crippen molar-refractivity contribution >= 4 is 9.84 Å². The molecule has 0 radical (unpaired) electrons. The van der Waals surface area contributed by atoms with Crippen LogP contribution in [0.2, 0.25) is 0 Å². The van der Waals surface area contributed by atoms with Crippen LogP contribution in [0.25, 0.3) is 11.1 Å². The van der Waals surface area contributed by atoms with E-state index < -0.39 is 26.0 Å². The number of rotatable bonds is 2. The van der Waals surface area contributed by atoms with Crippen LogP contribution in [0.3, 0.4) is 0 Å². The Bertz CT molecular complexity index is 787. The van der Waals surface area contributed by atoms with Gasteiger partial charge in [-0.25, -0.2) is 12.8 Å². The highest BCUT2D eigenvalue weighted by atomic mass is 32.2. The van der Waals surface area contributed by atoms with Crippen LogP contribution in [0.1, 0.15) is 31.9 Å². The van der Waals surface area contributed by atoms with E-state index in [-0.39, 0.29) is 0 Å². The molecule has 2 nitrogen and oxygen atoms in total. The Morgan fingerprint density at radius 3 is 1.73 bits per heavy atom. The van der Waals surface area contributed by atoms with Crippen molar-refractivity contribution in [3.05, 3.63) is 59.7 Å². The maximum absolute atomic E-state index is 15.9. The molecule has 1 aliphatic carbocycles. The minimum Gasteiger partial charge on any atom is -0.232 e. The lowest BCUT2D eigenvalue weighted by molar-refractivity contribution is 0.260. The largest absolute Gasteiger partial charge is 0.232 e. The highest BCUT2D eigenvalue weighted by Crippen LogP contribution is 2.51. The molecule has 0 heterocycles. The predicted octanol–water partition coefficient (Wildman–Crippen LogP) is 4.09. The molecule has 2 aromatic carbocycles. The van der Waals surface area contributed by atoms with Gasteiger partial charge in [0.1, 0.15) is 0 Å². The lowest BCUT2D eigenvalue weighted by Gasteiger charge is -2.27. The molecule has 0 aliphatic heterocycles. The molecule has 0 aromatic heterocycles. The zero-order valence-corrected chi connectivity index (χ0v) is 13.7. The first kappa shape index (κ1) is 15.2. The van der Waals surface area contributed by atoms with Gasteiger partial charge in [0.2, 0.25) is 0 Å². The summed E-state index contributed by atoms with van der Waals surface area (Å²) in [6.07, 6.45) is 0. The molecule has 0 amide bonds. The Labute approximate surface area is 130 Å². The zero-order valence-electron chi connectivity index (χ0n) is 12.9. The van der Waals surface area contributed by atoms with Crippen molar-refractivity contribution in [2.45, 2.75) is 31.2 Å². The van der Waals surface area contributed by atoms with Crippen LogP contribution in [0.15, 0.2) is 48.5 Å². The van der Waals surface area contributed by atoms with Crippen LogP contribution in [0, 0.1) is 0 Å². The maximum Gasteiger partial charge on any atom is 0.176 e. The van der Waals surface area contributed by atoms with E-state index in [4.69, 9.17) is 0 Å². The highest BCUT2D eigenvalue weighted by molar-refractivity contribution is 7.92.